The van der Waals surface area contributed by atoms with Gasteiger partial charge in [0.15, 0.2) is 10.8 Å². The summed E-state index contributed by atoms with van der Waals surface area (Å²) in [5.74, 6) is -0.219. The molecule has 0 aliphatic carbocycles. The van der Waals surface area contributed by atoms with E-state index in [0.29, 0.717) is 16.9 Å². The second kappa shape index (κ2) is 9.57. The van der Waals surface area contributed by atoms with Crippen LogP contribution in [0.4, 0.5) is 5.13 Å². The summed E-state index contributed by atoms with van der Waals surface area (Å²) >= 11 is 1.36. The average Bonchev–Trinajstić information content (AvgIpc) is 3.25. The smallest absolute Gasteiger partial charge is 0.273 e. The number of aromatic nitrogens is 3. The van der Waals surface area contributed by atoms with Gasteiger partial charge in [0.1, 0.15) is 17.6 Å². The maximum Gasteiger partial charge on any atom is 0.273 e. The van der Waals surface area contributed by atoms with Crippen LogP contribution < -0.4 is 15.8 Å². The van der Waals surface area contributed by atoms with Crippen molar-refractivity contribution >= 4 is 32.7 Å². The zero-order valence-corrected chi connectivity index (χ0v) is 18.8. The van der Waals surface area contributed by atoms with E-state index in [1.54, 1.807) is 0 Å². The van der Waals surface area contributed by atoms with E-state index < -0.39 is 0 Å². The van der Waals surface area contributed by atoms with Gasteiger partial charge in [0.25, 0.3) is 5.56 Å². The van der Waals surface area contributed by atoms with Crippen LogP contribution >= 0.6 is 11.3 Å². The first-order chi connectivity index (χ1) is 15.1. The number of hydrogen-bond donors (Lipinski definition) is 1. The Hall–Kier alpha value is -2.78. The van der Waals surface area contributed by atoms with E-state index in [0.717, 1.165) is 49.8 Å². The molecule has 1 aromatic carbocycles. The summed E-state index contributed by atoms with van der Waals surface area (Å²) in [6.45, 7) is 9.46. The molecule has 1 N–H and O–H groups in total. The molecule has 164 valence electrons. The number of amides is 1. The molecule has 1 fully saturated rings. The molecule has 0 radical (unpaired) electrons. The van der Waals surface area contributed by atoms with Crippen molar-refractivity contribution in [3.63, 3.8) is 0 Å². The average molecular weight is 441 g/mol. The number of piperazine rings is 1. The fraction of sp³-hybridized carbons (Fsp3) is 0.455. The zero-order valence-electron chi connectivity index (χ0n) is 18.0. The van der Waals surface area contributed by atoms with Crippen molar-refractivity contribution in [1.29, 1.82) is 0 Å². The minimum atomic E-state index is -0.219. The fourth-order valence-corrected chi connectivity index (χ4v) is 4.66. The van der Waals surface area contributed by atoms with Crippen LogP contribution in [-0.4, -0.2) is 58.1 Å². The van der Waals surface area contributed by atoms with Crippen molar-refractivity contribution < 1.29 is 4.79 Å². The molecule has 4 rings (SSSR count). The number of benzene rings is 1. The molecule has 1 aliphatic heterocycles. The molecule has 31 heavy (non-hydrogen) atoms. The number of carbonyl (C=O) groups excluding carboxylic acids is 1. The second-order valence-corrected chi connectivity index (χ2v) is 8.67. The van der Waals surface area contributed by atoms with Crippen molar-refractivity contribution in [2.24, 2.45) is 0 Å². The molecule has 1 saturated heterocycles. The monoisotopic (exact) mass is 440 g/mol. The third kappa shape index (κ3) is 4.94. The highest BCUT2D eigenvalue weighted by Gasteiger charge is 2.20. The van der Waals surface area contributed by atoms with E-state index >= 15 is 0 Å². The minimum absolute atomic E-state index is 0.0583. The first-order valence-corrected chi connectivity index (χ1v) is 11.6. The highest BCUT2D eigenvalue weighted by molar-refractivity contribution is 7.22. The van der Waals surface area contributed by atoms with Crippen LogP contribution in [0.3, 0.4) is 0 Å². The molecule has 3 heterocycles. The number of nitrogens with one attached hydrogen (secondary N) is 1. The summed E-state index contributed by atoms with van der Waals surface area (Å²) in [5, 5.41) is 3.70. The van der Waals surface area contributed by atoms with Crippen LogP contribution in [0.25, 0.3) is 10.3 Å². The Bertz CT molecular complexity index is 1100. The maximum absolute atomic E-state index is 12.9. The predicted molar refractivity (Wildman–Crippen MR) is 124 cm³/mol. The van der Waals surface area contributed by atoms with Gasteiger partial charge in [-0.15, -0.1) is 0 Å². The third-order valence-corrected chi connectivity index (χ3v) is 6.79. The molecular weight excluding hydrogens is 412 g/mol. The Morgan fingerprint density at radius 3 is 2.48 bits per heavy atom. The number of thiazole rings is 1. The summed E-state index contributed by atoms with van der Waals surface area (Å²) in [6, 6.07) is 8.15. The van der Waals surface area contributed by atoms with Crippen molar-refractivity contribution in [3.8, 4) is 0 Å². The van der Waals surface area contributed by atoms with Gasteiger partial charge in [-0.25, -0.2) is 4.98 Å². The number of likely N-dealkylation sites (N-methyl/N-ethyl adjacent to an activating group) is 1. The van der Waals surface area contributed by atoms with Crippen LogP contribution in [0.15, 0.2) is 35.4 Å². The minimum Gasteiger partial charge on any atom is -0.350 e. The van der Waals surface area contributed by atoms with E-state index in [1.807, 2.05) is 12.1 Å². The molecule has 8 nitrogen and oxygen atoms in total. The van der Waals surface area contributed by atoms with Gasteiger partial charge in [0.05, 0.1) is 0 Å². The molecule has 0 atom stereocenters. The topological polar surface area (TPSA) is 83.4 Å². The first-order valence-electron chi connectivity index (χ1n) is 10.7. The molecule has 9 heteroatoms. The lowest BCUT2D eigenvalue weighted by Crippen LogP contribution is -2.46. The van der Waals surface area contributed by atoms with Gasteiger partial charge >= 0.3 is 0 Å². The number of nitrogens with zero attached hydrogens (tertiary/aromatic N) is 5. The summed E-state index contributed by atoms with van der Waals surface area (Å²) in [6.07, 6.45) is 2.40. The van der Waals surface area contributed by atoms with Gasteiger partial charge in [-0.2, -0.15) is 4.98 Å². The molecule has 0 spiro atoms. The number of hydrogen-bond acceptors (Lipinski definition) is 7. The molecule has 1 aliphatic rings. The van der Waals surface area contributed by atoms with Crippen molar-refractivity contribution in [1.82, 2.24) is 24.8 Å². The van der Waals surface area contributed by atoms with E-state index in [-0.39, 0.29) is 18.0 Å². The molecule has 0 saturated carbocycles. The summed E-state index contributed by atoms with van der Waals surface area (Å²) in [5.41, 5.74) is 2.53. The Morgan fingerprint density at radius 1 is 1.10 bits per heavy atom. The molecule has 1 amide bonds. The Balaban J connectivity index is 1.41. The van der Waals surface area contributed by atoms with E-state index in [4.69, 9.17) is 0 Å². The van der Waals surface area contributed by atoms with E-state index in [9.17, 15) is 9.59 Å². The lowest BCUT2D eigenvalue weighted by molar-refractivity contribution is -0.121. The third-order valence-electron chi connectivity index (χ3n) is 5.70. The normalized spacial score (nSPS) is 14.8. The highest BCUT2D eigenvalue weighted by Crippen LogP contribution is 2.26. The molecule has 0 bridgehead atoms. The number of carbonyl (C=O) groups is 1. The highest BCUT2D eigenvalue weighted by atomic mass is 32.1. The lowest BCUT2D eigenvalue weighted by atomic mass is 10.1. The van der Waals surface area contributed by atoms with Crippen LogP contribution in [0.5, 0.6) is 0 Å². The standard InChI is InChI=1S/C22H28N6O2S/c1-3-16-5-7-17(8-6-16)13-23-18(29)14-28-15-24-20-19(21(28)30)31-22(25-20)27-11-9-26(4-2)10-12-27/h5-8,15H,3-4,9-14H2,1-2H3,(H,23,29). The van der Waals surface area contributed by atoms with Gasteiger partial charge < -0.3 is 15.1 Å². The number of anilines is 1. The summed E-state index contributed by atoms with van der Waals surface area (Å²) in [4.78, 5) is 38.8. The number of rotatable bonds is 7. The SMILES string of the molecule is CCc1ccc(CNC(=O)Cn2cnc3nc(N4CCN(CC)CC4)sc3c2=O)cc1. The number of aryl methyl sites for hydroxylation is 1. The van der Waals surface area contributed by atoms with Crippen LogP contribution in [0.1, 0.15) is 25.0 Å². The summed E-state index contributed by atoms with van der Waals surface area (Å²) < 4.78 is 1.85. The fourth-order valence-electron chi connectivity index (χ4n) is 3.64. The van der Waals surface area contributed by atoms with Gasteiger partial charge in [0.2, 0.25) is 5.91 Å². The second-order valence-electron chi connectivity index (χ2n) is 7.69. The van der Waals surface area contributed by atoms with Gasteiger partial charge in [0, 0.05) is 32.7 Å². The van der Waals surface area contributed by atoms with Crippen LogP contribution in [-0.2, 0) is 24.3 Å². The summed E-state index contributed by atoms with van der Waals surface area (Å²) in [7, 11) is 0. The zero-order chi connectivity index (χ0) is 21.8. The largest absolute Gasteiger partial charge is 0.350 e. The Morgan fingerprint density at radius 2 is 1.81 bits per heavy atom. The number of fused-ring (bicyclic) bond motifs is 1. The molecule has 3 aromatic rings. The molecule has 2 aromatic heterocycles. The molecular formula is C22H28N6O2S. The Kier molecular flexibility index (Phi) is 6.62. The van der Waals surface area contributed by atoms with Crippen molar-refractivity contribution in [2.45, 2.75) is 33.4 Å². The van der Waals surface area contributed by atoms with Crippen LogP contribution in [0, 0.1) is 0 Å². The van der Waals surface area contributed by atoms with Crippen molar-refractivity contribution in [3.05, 3.63) is 52.1 Å². The first kappa shape index (κ1) is 21.5. The van der Waals surface area contributed by atoms with Gasteiger partial charge in [-0.1, -0.05) is 49.4 Å². The van der Waals surface area contributed by atoms with E-state index in [1.165, 1.54) is 27.8 Å². The van der Waals surface area contributed by atoms with Crippen LogP contribution in [0.2, 0.25) is 0 Å². The quantitative estimate of drug-likeness (QED) is 0.604. The Labute approximate surface area is 185 Å². The molecule has 0 unspecified atom stereocenters. The lowest BCUT2D eigenvalue weighted by Gasteiger charge is -2.33. The van der Waals surface area contributed by atoms with E-state index in [2.05, 4.69) is 51.1 Å². The maximum atomic E-state index is 12.9. The predicted octanol–water partition coefficient (Wildman–Crippen LogP) is 1.87. The van der Waals surface area contributed by atoms with Crippen molar-refractivity contribution in [2.75, 3.05) is 37.6 Å². The van der Waals surface area contributed by atoms with Gasteiger partial charge in [-0.05, 0) is 24.1 Å². The van der Waals surface area contributed by atoms with Gasteiger partial charge in [-0.3, -0.25) is 14.2 Å².